The summed E-state index contributed by atoms with van der Waals surface area (Å²) < 4.78 is 0. The third kappa shape index (κ3) is 1.84. The first-order valence-corrected chi connectivity index (χ1v) is 4.54. The van der Waals surface area contributed by atoms with E-state index in [1.54, 1.807) is 18.2 Å². The molecule has 1 aromatic rings. The number of halogens is 1. The molecule has 0 saturated heterocycles. The fourth-order valence-electron chi connectivity index (χ4n) is 1.32. The normalized spacial score (nSPS) is 19.0. The minimum atomic E-state index is -0.598. The van der Waals surface area contributed by atoms with E-state index in [-0.39, 0.29) is 0 Å². The van der Waals surface area contributed by atoms with Gasteiger partial charge in [-0.3, -0.25) is 0 Å². The van der Waals surface area contributed by atoms with Crippen molar-refractivity contribution in [2.45, 2.75) is 6.17 Å². The molecule has 0 saturated carbocycles. The average molecular weight is 227 g/mol. The van der Waals surface area contributed by atoms with Gasteiger partial charge in [0.15, 0.2) is 5.03 Å². The molecule has 0 radical (unpaired) electrons. The van der Waals surface area contributed by atoms with Gasteiger partial charge in [0.1, 0.15) is 5.15 Å². The number of nitrogens with zero attached hydrogens (tertiary/aromatic N) is 3. The maximum atomic E-state index is 10.6. The van der Waals surface area contributed by atoms with E-state index in [0.717, 1.165) is 5.01 Å². The van der Waals surface area contributed by atoms with Crippen molar-refractivity contribution in [2.75, 3.05) is 0 Å². The minimum absolute atomic E-state index is 0.310. The summed E-state index contributed by atoms with van der Waals surface area (Å²) >= 11 is 5.70. The topological polar surface area (TPSA) is 71.3 Å². The highest BCUT2D eigenvalue weighted by atomic mass is 35.5. The van der Waals surface area contributed by atoms with Crippen molar-refractivity contribution in [3.63, 3.8) is 0 Å². The maximum Gasteiger partial charge on any atom is 0.206 e. The zero-order valence-corrected chi connectivity index (χ0v) is 8.26. The Kier molecular flexibility index (Phi) is 2.42. The van der Waals surface area contributed by atoms with Gasteiger partial charge in [0.25, 0.3) is 0 Å². The molecule has 0 fully saturated rings. The molecule has 7 heteroatoms. The third-order valence-electron chi connectivity index (χ3n) is 1.95. The minimum Gasteiger partial charge on any atom is -0.360 e. The Hall–Kier alpha value is -1.82. The Labute approximate surface area is 90.3 Å². The predicted molar refractivity (Wildman–Crippen MR) is 53.1 cm³/mol. The summed E-state index contributed by atoms with van der Waals surface area (Å²) in [6.45, 7) is 0. The molecule has 1 aliphatic rings. The first-order valence-electron chi connectivity index (χ1n) is 4.16. The zero-order valence-electron chi connectivity index (χ0n) is 7.50. The first kappa shape index (κ1) is 9.72. The van der Waals surface area contributed by atoms with Crippen LogP contribution in [-0.4, -0.2) is 15.0 Å². The van der Waals surface area contributed by atoms with E-state index in [4.69, 9.17) is 11.6 Å². The van der Waals surface area contributed by atoms with Gasteiger partial charge in [-0.15, -0.1) is 0 Å². The van der Waals surface area contributed by atoms with E-state index in [1.165, 1.54) is 12.4 Å². The van der Waals surface area contributed by atoms with Crippen LogP contribution >= 0.6 is 11.6 Å². The van der Waals surface area contributed by atoms with E-state index in [1.807, 2.05) is 0 Å². The van der Waals surface area contributed by atoms with Gasteiger partial charge in [-0.2, -0.15) is 0 Å². The van der Waals surface area contributed by atoms with Gasteiger partial charge >= 0.3 is 0 Å². The van der Waals surface area contributed by atoms with E-state index in [0.29, 0.717) is 10.8 Å². The second-order valence-electron chi connectivity index (χ2n) is 2.89. The van der Waals surface area contributed by atoms with E-state index < -0.39 is 11.2 Å². The summed E-state index contributed by atoms with van der Waals surface area (Å²) in [5.41, 5.74) is 0.504. The summed E-state index contributed by atoms with van der Waals surface area (Å²) in [6, 6.07) is 4.99. The van der Waals surface area contributed by atoms with Crippen molar-refractivity contribution in [1.82, 2.24) is 15.3 Å². The summed E-state index contributed by atoms with van der Waals surface area (Å²) in [5, 5.41) is 14.2. The molecule has 2 heterocycles. The monoisotopic (exact) mass is 226 g/mol. The number of rotatable bonds is 2. The van der Waals surface area contributed by atoms with Crippen molar-refractivity contribution in [3.8, 4) is 0 Å². The van der Waals surface area contributed by atoms with Crippen LogP contribution in [0.3, 0.4) is 0 Å². The molecule has 0 bridgehead atoms. The molecule has 78 valence electrons. The lowest BCUT2D eigenvalue weighted by molar-refractivity contribution is -0.649. The molecule has 0 amide bonds. The van der Waals surface area contributed by atoms with Gasteiger partial charge < -0.3 is 5.32 Å². The Morgan fingerprint density at radius 2 is 2.40 bits per heavy atom. The van der Waals surface area contributed by atoms with Crippen LogP contribution in [0, 0.1) is 10.1 Å². The quantitative estimate of drug-likeness (QED) is 0.468. The summed E-state index contributed by atoms with van der Waals surface area (Å²) in [4.78, 5) is 14.7. The predicted octanol–water partition coefficient (Wildman–Crippen LogP) is 1.30. The van der Waals surface area contributed by atoms with E-state index in [9.17, 15) is 10.1 Å². The lowest BCUT2D eigenvalue weighted by atomic mass is 10.3. The van der Waals surface area contributed by atoms with Crippen molar-refractivity contribution < 1.29 is 5.03 Å². The fraction of sp³-hybridized carbons (Fsp3) is 0.125. The van der Waals surface area contributed by atoms with Crippen LogP contribution in [0.4, 0.5) is 0 Å². The van der Waals surface area contributed by atoms with Gasteiger partial charge in [0, 0.05) is 6.20 Å². The molecule has 6 nitrogen and oxygen atoms in total. The van der Waals surface area contributed by atoms with Gasteiger partial charge in [-0.25, -0.2) is 15.1 Å². The molecule has 0 spiro atoms. The molecule has 0 aromatic carbocycles. The maximum absolute atomic E-state index is 10.6. The van der Waals surface area contributed by atoms with Crippen LogP contribution in [-0.2, 0) is 0 Å². The van der Waals surface area contributed by atoms with E-state index >= 15 is 0 Å². The zero-order chi connectivity index (χ0) is 10.8. The summed E-state index contributed by atoms with van der Waals surface area (Å²) in [5.74, 6) is 0. The molecule has 1 aliphatic heterocycles. The van der Waals surface area contributed by atoms with Gasteiger partial charge in [0.2, 0.25) is 6.17 Å². The Bertz CT molecular complexity index is 423. The third-order valence-corrected chi connectivity index (χ3v) is 2.16. The van der Waals surface area contributed by atoms with Crippen LogP contribution in [0.1, 0.15) is 11.9 Å². The molecular formula is C8H7ClN4O2. The SMILES string of the molecule is O=[N+]([O-])N1C=CNC1c1cccc(Cl)n1. The largest absolute Gasteiger partial charge is 0.360 e. The van der Waals surface area contributed by atoms with Crippen LogP contribution in [0.25, 0.3) is 0 Å². The number of pyridine rings is 1. The average Bonchev–Trinajstić information content (AvgIpc) is 2.65. The van der Waals surface area contributed by atoms with Crippen molar-refractivity contribution in [2.24, 2.45) is 0 Å². The second kappa shape index (κ2) is 3.74. The van der Waals surface area contributed by atoms with Crippen LogP contribution in [0.2, 0.25) is 5.15 Å². The number of nitro groups is 1. The molecule has 0 aliphatic carbocycles. The van der Waals surface area contributed by atoms with E-state index in [2.05, 4.69) is 10.3 Å². The molecule has 2 rings (SSSR count). The summed E-state index contributed by atoms with van der Waals surface area (Å²) in [6.07, 6.45) is 2.24. The molecule has 15 heavy (non-hydrogen) atoms. The molecule has 1 unspecified atom stereocenters. The molecule has 1 aromatic heterocycles. The Morgan fingerprint density at radius 1 is 1.60 bits per heavy atom. The fourth-order valence-corrected chi connectivity index (χ4v) is 1.49. The smallest absolute Gasteiger partial charge is 0.206 e. The lowest BCUT2D eigenvalue weighted by Gasteiger charge is -2.15. The number of nitrogens with one attached hydrogen (secondary N) is 1. The highest BCUT2D eigenvalue weighted by molar-refractivity contribution is 6.29. The standard InChI is InChI=1S/C8H7ClN4O2/c9-7-3-1-2-6(11-7)8-10-4-5-12(8)13(14)15/h1-5,8,10H. The van der Waals surface area contributed by atoms with Crippen LogP contribution in [0.5, 0.6) is 0 Å². The Balaban J connectivity index is 2.28. The van der Waals surface area contributed by atoms with Crippen molar-refractivity contribution in [1.29, 1.82) is 0 Å². The molecule has 1 atom stereocenters. The number of hydrogen-bond acceptors (Lipinski definition) is 4. The van der Waals surface area contributed by atoms with Gasteiger partial charge in [-0.1, -0.05) is 22.7 Å². The van der Waals surface area contributed by atoms with Gasteiger partial charge in [0.05, 0.1) is 11.9 Å². The van der Waals surface area contributed by atoms with Gasteiger partial charge in [-0.05, 0) is 12.1 Å². The lowest BCUT2D eigenvalue weighted by Crippen LogP contribution is -2.32. The van der Waals surface area contributed by atoms with Crippen LogP contribution < -0.4 is 5.32 Å². The van der Waals surface area contributed by atoms with Crippen LogP contribution in [0.15, 0.2) is 30.6 Å². The number of aromatic nitrogens is 1. The number of hydrazine groups is 1. The highest BCUT2D eigenvalue weighted by Crippen LogP contribution is 2.21. The van der Waals surface area contributed by atoms with Crippen molar-refractivity contribution >= 4 is 11.6 Å². The Morgan fingerprint density at radius 3 is 3.07 bits per heavy atom. The molecule has 1 N–H and O–H groups in total. The second-order valence-corrected chi connectivity index (χ2v) is 3.28. The summed E-state index contributed by atoms with van der Waals surface area (Å²) in [7, 11) is 0. The number of hydrogen-bond donors (Lipinski definition) is 1. The van der Waals surface area contributed by atoms with Crippen molar-refractivity contribution in [3.05, 3.63) is 51.6 Å². The highest BCUT2D eigenvalue weighted by Gasteiger charge is 2.30. The first-order chi connectivity index (χ1) is 7.18. The molecular weight excluding hydrogens is 220 g/mol.